The van der Waals surface area contributed by atoms with E-state index in [1.54, 1.807) is 11.3 Å². The van der Waals surface area contributed by atoms with E-state index in [1.807, 2.05) is 36.8 Å². The Morgan fingerprint density at radius 1 is 1.29 bits per heavy atom. The summed E-state index contributed by atoms with van der Waals surface area (Å²) in [5.41, 5.74) is 5.08. The highest BCUT2D eigenvalue weighted by atomic mass is 32.1. The number of nitrogens with zero attached hydrogens (tertiary/aromatic N) is 2. The van der Waals surface area contributed by atoms with E-state index in [0.717, 1.165) is 29.6 Å². The van der Waals surface area contributed by atoms with Crippen LogP contribution in [0.2, 0.25) is 0 Å². The summed E-state index contributed by atoms with van der Waals surface area (Å²) in [7, 11) is 0. The van der Waals surface area contributed by atoms with Crippen molar-refractivity contribution in [3.05, 3.63) is 38.8 Å². The van der Waals surface area contributed by atoms with Crippen molar-refractivity contribution >= 4 is 38.6 Å². The van der Waals surface area contributed by atoms with Gasteiger partial charge in [0.25, 0.3) is 0 Å². The van der Waals surface area contributed by atoms with E-state index >= 15 is 0 Å². The predicted octanol–water partition coefficient (Wildman–Crippen LogP) is 6.14. The van der Waals surface area contributed by atoms with E-state index in [2.05, 4.69) is 30.2 Å². The molecule has 4 rings (SSSR count). The molecule has 0 saturated heterocycles. The van der Waals surface area contributed by atoms with E-state index in [0.29, 0.717) is 0 Å². The van der Waals surface area contributed by atoms with Crippen LogP contribution in [0.5, 0.6) is 0 Å². The van der Waals surface area contributed by atoms with Gasteiger partial charge in [0.05, 0.1) is 22.4 Å². The fraction of sp³-hybridized carbons (Fsp3) is 0.474. The number of pyridine rings is 1. The number of thiazole rings is 1. The van der Waals surface area contributed by atoms with Crippen LogP contribution in [0.4, 0.5) is 5.69 Å². The molecular formula is C19H25N3S2. The molecule has 3 aromatic rings. The fourth-order valence-corrected chi connectivity index (χ4v) is 4.77. The summed E-state index contributed by atoms with van der Waals surface area (Å²) < 4.78 is 1.32. The van der Waals surface area contributed by atoms with Gasteiger partial charge in [-0.3, -0.25) is 4.98 Å². The zero-order valence-corrected chi connectivity index (χ0v) is 16.5. The number of nitrogens with one attached hydrogen (secondary N) is 1. The summed E-state index contributed by atoms with van der Waals surface area (Å²) in [5, 5.41) is 6.72. The summed E-state index contributed by atoms with van der Waals surface area (Å²) in [5.74, 6) is 0.754. The second-order valence-corrected chi connectivity index (χ2v) is 7.92. The molecular weight excluding hydrogens is 334 g/mol. The molecule has 0 aromatic carbocycles. The maximum Gasteiger partial charge on any atom is 0.112 e. The molecule has 5 heteroatoms. The number of aromatic nitrogens is 2. The van der Waals surface area contributed by atoms with Gasteiger partial charge in [0.1, 0.15) is 5.01 Å². The summed E-state index contributed by atoms with van der Waals surface area (Å²) in [4.78, 5) is 10.7. The summed E-state index contributed by atoms with van der Waals surface area (Å²) in [6.07, 6.45) is 5.63. The molecule has 0 radical (unpaired) electrons. The molecule has 1 saturated carbocycles. The van der Waals surface area contributed by atoms with Crippen molar-refractivity contribution in [3.63, 3.8) is 0 Å². The number of hydrogen-bond donors (Lipinski definition) is 1. The van der Waals surface area contributed by atoms with Gasteiger partial charge < -0.3 is 5.32 Å². The lowest BCUT2D eigenvalue weighted by molar-refractivity contribution is 1.06. The first kappa shape index (κ1) is 17.4. The zero-order chi connectivity index (χ0) is 17.1. The second kappa shape index (κ2) is 7.62. The third-order valence-corrected chi connectivity index (χ3v) is 6.25. The van der Waals surface area contributed by atoms with Crippen LogP contribution in [-0.4, -0.2) is 9.97 Å². The van der Waals surface area contributed by atoms with Gasteiger partial charge in [-0.1, -0.05) is 20.8 Å². The molecule has 3 nitrogen and oxygen atoms in total. The largest absolute Gasteiger partial charge is 0.377 e. The van der Waals surface area contributed by atoms with E-state index in [4.69, 9.17) is 4.98 Å². The van der Waals surface area contributed by atoms with Crippen LogP contribution in [0.1, 0.15) is 60.7 Å². The van der Waals surface area contributed by atoms with Crippen molar-refractivity contribution < 1.29 is 0 Å². The van der Waals surface area contributed by atoms with Gasteiger partial charge in [-0.05, 0) is 43.7 Å². The number of anilines is 1. The summed E-state index contributed by atoms with van der Waals surface area (Å²) in [6.45, 7) is 9.13. The van der Waals surface area contributed by atoms with Gasteiger partial charge in [-0.2, -0.15) is 0 Å². The molecule has 3 heterocycles. The minimum absolute atomic E-state index is 0.754. The molecule has 0 bridgehead atoms. The molecule has 0 unspecified atom stereocenters. The Bertz CT molecular complexity index is 802. The van der Waals surface area contributed by atoms with Crippen molar-refractivity contribution in [3.8, 4) is 0 Å². The molecule has 128 valence electrons. The van der Waals surface area contributed by atoms with Gasteiger partial charge in [-0.15, -0.1) is 22.7 Å². The first-order valence-corrected chi connectivity index (χ1v) is 10.5. The fourth-order valence-electron chi connectivity index (χ4n) is 2.96. The van der Waals surface area contributed by atoms with Gasteiger partial charge in [-0.25, -0.2) is 4.98 Å². The summed E-state index contributed by atoms with van der Waals surface area (Å²) in [6, 6.07) is 2.17. The zero-order valence-electron chi connectivity index (χ0n) is 14.8. The Kier molecular flexibility index (Phi) is 5.51. The number of aryl methyl sites for hydroxylation is 2. The second-order valence-electron chi connectivity index (χ2n) is 5.84. The molecule has 0 aliphatic heterocycles. The average molecular weight is 360 g/mol. The van der Waals surface area contributed by atoms with Crippen molar-refractivity contribution in [2.24, 2.45) is 0 Å². The first-order chi connectivity index (χ1) is 11.8. The standard InChI is InChI=1S/C17H19N3S2.C2H6/c1-3-13-15(11-4-5-11)16-17(22-13)12(8-10(2)20-16)19-9-14-18-6-7-21-14;1-2/h6-8,11H,3-5,9H2,1-2H3,(H,19,20);1-2H3. The van der Waals surface area contributed by atoms with Crippen LogP contribution in [0, 0.1) is 6.92 Å². The Balaban J connectivity index is 0.000000815. The number of thiophene rings is 1. The Labute approximate surface area is 152 Å². The Morgan fingerprint density at radius 3 is 2.71 bits per heavy atom. The molecule has 1 aliphatic carbocycles. The van der Waals surface area contributed by atoms with Crippen molar-refractivity contribution in [1.29, 1.82) is 0 Å². The highest BCUT2D eigenvalue weighted by Crippen LogP contribution is 2.49. The maximum absolute atomic E-state index is 4.87. The van der Waals surface area contributed by atoms with Crippen LogP contribution in [-0.2, 0) is 13.0 Å². The van der Waals surface area contributed by atoms with Crippen LogP contribution in [0.25, 0.3) is 10.2 Å². The number of rotatable bonds is 5. The van der Waals surface area contributed by atoms with Crippen molar-refractivity contribution in [2.75, 3.05) is 5.32 Å². The monoisotopic (exact) mass is 359 g/mol. The van der Waals surface area contributed by atoms with Crippen LogP contribution < -0.4 is 5.32 Å². The van der Waals surface area contributed by atoms with Crippen molar-refractivity contribution in [1.82, 2.24) is 9.97 Å². The van der Waals surface area contributed by atoms with E-state index < -0.39 is 0 Å². The number of hydrogen-bond acceptors (Lipinski definition) is 5. The Morgan fingerprint density at radius 2 is 2.08 bits per heavy atom. The molecule has 24 heavy (non-hydrogen) atoms. The molecule has 1 aliphatic rings. The minimum Gasteiger partial charge on any atom is -0.377 e. The molecule has 3 aromatic heterocycles. The molecule has 1 N–H and O–H groups in total. The number of fused-ring (bicyclic) bond motifs is 1. The predicted molar refractivity (Wildman–Crippen MR) is 106 cm³/mol. The third-order valence-electron chi connectivity index (χ3n) is 4.10. The van der Waals surface area contributed by atoms with Gasteiger partial charge >= 0.3 is 0 Å². The van der Waals surface area contributed by atoms with Crippen molar-refractivity contribution in [2.45, 2.75) is 59.4 Å². The van der Waals surface area contributed by atoms with Gasteiger partial charge in [0.15, 0.2) is 0 Å². The normalized spacial score (nSPS) is 13.7. The van der Waals surface area contributed by atoms with E-state index in [9.17, 15) is 0 Å². The maximum atomic E-state index is 4.87. The lowest BCUT2D eigenvalue weighted by Crippen LogP contribution is -2.00. The quantitative estimate of drug-likeness (QED) is 0.594. The molecule has 0 spiro atoms. The summed E-state index contributed by atoms with van der Waals surface area (Å²) >= 11 is 3.62. The lowest BCUT2D eigenvalue weighted by Gasteiger charge is -2.07. The third kappa shape index (κ3) is 3.47. The van der Waals surface area contributed by atoms with Crippen LogP contribution in [0.15, 0.2) is 17.6 Å². The minimum atomic E-state index is 0.754. The SMILES string of the molecule is CC.CCc1sc2c(NCc3nccs3)cc(C)nc2c1C1CC1. The molecule has 0 atom stereocenters. The highest BCUT2D eigenvalue weighted by Gasteiger charge is 2.30. The molecule has 0 amide bonds. The Hall–Kier alpha value is -1.46. The van der Waals surface area contributed by atoms with E-state index in [1.165, 1.54) is 39.2 Å². The molecule has 1 fully saturated rings. The highest BCUT2D eigenvalue weighted by molar-refractivity contribution is 7.19. The van der Waals surface area contributed by atoms with E-state index in [-0.39, 0.29) is 0 Å². The topological polar surface area (TPSA) is 37.8 Å². The lowest BCUT2D eigenvalue weighted by atomic mass is 10.1. The van der Waals surface area contributed by atoms with Crippen LogP contribution >= 0.6 is 22.7 Å². The van der Waals surface area contributed by atoms with Crippen LogP contribution in [0.3, 0.4) is 0 Å². The van der Waals surface area contributed by atoms with Gasteiger partial charge in [0.2, 0.25) is 0 Å². The smallest absolute Gasteiger partial charge is 0.112 e. The average Bonchev–Trinajstić information content (AvgIpc) is 3.17. The first-order valence-electron chi connectivity index (χ1n) is 8.81. The van der Waals surface area contributed by atoms with Gasteiger partial charge in [0, 0.05) is 22.1 Å².